The zero-order chi connectivity index (χ0) is 31.0. The smallest absolute Gasteiger partial charge is 0.124 e. The molecule has 0 amide bonds. The van der Waals surface area contributed by atoms with Crippen molar-refractivity contribution in [2.24, 2.45) is 0 Å². The van der Waals surface area contributed by atoms with Crippen LogP contribution < -0.4 is 0 Å². The minimum absolute atomic E-state index is 0. The third-order valence-electron chi connectivity index (χ3n) is 8.31. The molecule has 4 nitrogen and oxygen atoms in total. The Balaban J connectivity index is 0.00000400. The molecular formula is C40H38N3OPt-. The number of hydrogen-bond donors (Lipinski definition) is 1. The summed E-state index contributed by atoms with van der Waals surface area (Å²) < 4.78 is 2.36. The van der Waals surface area contributed by atoms with Gasteiger partial charge in [-0.15, -0.1) is 24.3 Å². The molecule has 6 rings (SSSR count). The summed E-state index contributed by atoms with van der Waals surface area (Å²) >= 11 is 0. The number of phenolic OH excluding ortho intramolecular Hbond substituents is 1. The van der Waals surface area contributed by atoms with Crippen LogP contribution in [-0.4, -0.2) is 19.6 Å². The molecule has 0 fully saturated rings. The third-order valence-corrected chi connectivity index (χ3v) is 8.31. The van der Waals surface area contributed by atoms with Gasteiger partial charge in [-0.25, -0.2) is 0 Å². The Morgan fingerprint density at radius 1 is 0.667 bits per heavy atom. The fourth-order valence-electron chi connectivity index (χ4n) is 6.11. The predicted octanol–water partition coefficient (Wildman–Crippen LogP) is 10.3. The van der Waals surface area contributed by atoms with Gasteiger partial charge in [-0.3, -0.25) is 9.97 Å². The quantitative estimate of drug-likeness (QED) is 0.165. The molecule has 230 valence electrons. The zero-order valence-electron chi connectivity index (χ0n) is 26.6. The summed E-state index contributed by atoms with van der Waals surface area (Å²) in [5.74, 6) is 1.69. The summed E-state index contributed by atoms with van der Waals surface area (Å²) in [6.07, 6.45) is 2.02. The van der Waals surface area contributed by atoms with Gasteiger partial charge >= 0.3 is 0 Å². The Labute approximate surface area is 281 Å². The number of aryl methyl sites for hydroxylation is 2. The van der Waals surface area contributed by atoms with Crippen LogP contribution in [0, 0.1) is 19.9 Å². The number of pyridine rings is 1. The van der Waals surface area contributed by atoms with E-state index in [-0.39, 0.29) is 26.8 Å². The van der Waals surface area contributed by atoms with E-state index in [2.05, 4.69) is 94.6 Å². The number of imidazole rings is 1. The molecule has 0 radical (unpaired) electrons. The average molecular weight is 772 g/mol. The standard InChI is InChI=1S/C40H38N3O.Pt/c1-25(2)31-18-11-19-32(26(3)4)39(31)43-36(38-27(5)13-9-14-28(38)6)24-41-40(43)30-16-10-15-29(23-30)34-20-12-21-35(42-34)33-17-7-8-22-37(33)44;/h7-22,24-26,44H,1-6H3;/q-1;. The maximum absolute atomic E-state index is 10.5. The van der Waals surface area contributed by atoms with Crippen molar-refractivity contribution >= 4 is 0 Å². The summed E-state index contributed by atoms with van der Waals surface area (Å²) in [5.41, 5.74) is 12.4. The monoisotopic (exact) mass is 771 g/mol. The van der Waals surface area contributed by atoms with Crippen LogP contribution in [0.4, 0.5) is 0 Å². The number of phenols is 1. The van der Waals surface area contributed by atoms with E-state index in [1.54, 1.807) is 6.07 Å². The van der Waals surface area contributed by atoms with Gasteiger partial charge in [-0.05, 0) is 66.1 Å². The Morgan fingerprint density at radius 2 is 1.24 bits per heavy atom. The fourth-order valence-corrected chi connectivity index (χ4v) is 6.11. The van der Waals surface area contributed by atoms with Gasteiger partial charge in [0.15, 0.2) is 0 Å². The van der Waals surface area contributed by atoms with Crippen LogP contribution in [0.5, 0.6) is 5.75 Å². The van der Waals surface area contributed by atoms with E-state index in [0.29, 0.717) is 23.1 Å². The van der Waals surface area contributed by atoms with E-state index in [1.165, 1.54) is 33.5 Å². The van der Waals surface area contributed by atoms with Crippen molar-refractivity contribution in [3.05, 3.63) is 132 Å². The Kier molecular flexibility index (Phi) is 9.56. The van der Waals surface area contributed by atoms with Gasteiger partial charge in [0.25, 0.3) is 0 Å². The summed E-state index contributed by atoms with van der Waals surface area (Å²) in [4.78, 5) is 10.0. The van der Waals surface area contributed by atoms with Crippen molar-refractivity contribution in [2.75, 3.05) is 0 Å². The molecule has 1 N–H and O–H groups in total. The molecule has 0 unspecified atom stereocenters. The van der Waals surface area contributed by atoms with Crippen molar-refractivity contribution in [1.82, 2.24) is 14.5 Å². The van der Waals surface area contributed by atoms with Gasteiger partial charge in [0, 0.05) is 49.8 Å². The average Bonchev–Trinajstić information content (AvgIpc) is 3.45. The van der Waals surface area contributed by atoms with Crippen LogP contribution in [0.15, 0.2) is 103 Å². The van der Waals surface area contributed by atoms with E-state index in [4.69, 9.17) is 9.97 Å². The molecule has 0 aliphatic carbocycles. The van der Waals surface area contributed by atoms with E-state index in [1.807, 2.05) is 54.7 Å². The number of rotatable bonds is 7. The number of aromatic hydroxyl groups is 1. The van der Waals surface area contributed by atoms with Crippen molar-refractivity contribution in [3.8, 4) is 56.6 Å². The minimum Gasteiger partial charge on any atom is -0.507 e. The van der Waals surface area contributed by atoms with Crippen LogP contribution >= 0.6 is 0 Å². The van der Waals surface area contributed by atoms with Crippen molar-refractivity contribution in [2.45, 2.75) is 53.4 Å². The third kappa shape index (κ3) is 6.17. The molecule has 0 aliphatic heterocycles. The summed E-state index contributed by atoms with van der Waals surface area (Å²) in [6, 6.07) is 36.1. The fraction of sp³-hybridized carbons (Fsp3) is 0.200. The molecule has 0 spiro atoms. The summed E-state index contributed by atoms with van der Waals surface area (Å²) in [5, 5.41) is 10.5. The first-order chi connectivity index (χ1) is 21.2. The van der Waals surface area contributed by atoms with E-state index >= 15 is 0 Å². The Bertz CT molecular complexity index is 1920. The molecule has 45 heavy (non-hydrogen) atoms. The normalized spacial score (nSPS) is 11.2. The molecule has 2 heterocycles. The first kappa shape index (κ1) is 32.1. The van der Waals surface area contributed by atoms with Crippen LogP contribution in [0.3, 0.4) is 0 Å². The molecule has 0 bridgehead atoms. The molecule has 0 saturated carbocycles. The van der Waals surface area contributed by atoms with Gasteiger partial charge in [-0.2, -0.15) is 0 Å². The van der Waals surface area contributed by atoms with Gasteiger partial charge in [0.05, 0.1) is 17.2 Å². The topological polar surface area (TPSA) is 50.9 Å². The van der Waals surface area contributed by atoms with E-state index in [9.17, 15) is 5.11 Å². The van der Waals surface area contributed by atoms with Gasteiger partial charge in [-0.1, -0.05) is 99.5 Å². The number of hydrogen-bond acceptors (Lipinski definition) is 3. The van der Waals surface area contributed by atoms with Crippen molar-refractivity contribution < 1.29 is 26.2 Å². The van der Waals surface area contributed by atoms with E-state index < -0.39 is 0 Å². The van der Waals surface area contributed by atoms with E-state index in [0.717, 1.165) is 28.3 Å². The maximum atomic E-state index is 10.5. The first-order valence-electron chi connectivity index (χ1n) is 15.3. The molecule has 0 saturated heterocycles. The van der Waals surface area contributed by atoms with Crippen molar-refractivity contribution in [3.63, 3.8) is 0 Å². The van der Waals surface area contributed by atoms with Gasteiger partial charge in [0.1, 0.15) is 5.75 Å². The number of para-hydroxylation sites is 2. The summed E-state index contributed by atoms with van der Waals surface area (Å²) in [6.45, 7) is 13.4. The largest absolute Gasteiger partial charge is 0.507 e. The molecular weight excluding hydrogens is 734 g/mol. The number of benzene rings is 4. The number of nitrogens with zero attached hydrogens (tertiary/aromatic N) is 3. The minimum atomic E-state index is 0. The van der Waals surface area contributed by atoms with Crippen LogP contribution in [0.1, 0.15) is 61.8 Å². The second-order valence-electron chi connectivity index (χ2n) is 12.1. The Morgan fingerprint density at radius 3 is 1.91 bits per heavy atom. The molecule has 6 aromatic rings. The maximum Gasteiger partial charge on any atom is 0.124 e. The van der Waals surface area contributed by atoms with Crippen LogP contribution in [-0.2, 0) is 21.1 Å². The van der Waals surface area contributed by atoms with Crippen LogP contribution in [0.25, 0.3) is 50.8 Å². The van der Waals surface area contributed by atoms with Gasteiger partial charge in [0.2, 0.25) is 0 Å². The molecule has 5 heteroatoms. The van der Waals surface area contributed by atoms with Crippen LogP contribution in [0.2, 0.25) is 0 Å². The SMILES string of the molecule is Cc1cccc(C)c1-c1cnc(-c2[c-]c(-c3cccc(-c4ccccc4O)n3)ccc2)n1-c1c(C(C)C)cccc1C(C)C.[Pt]. The van der Waals surface area contributed by atoms with Gasteiger partial charge < -0.3 is 9.67 Å². The number of aromatic nitrogens is 3. The Hall–Kier alpha value is -4.27. The molecule has 0 atom stereocenters. The second-order valence-corrected chi connectivity index (χ2v) is 12.1. The second kappa shape index (κ2) is 13.4. The van der Waals surface area contributed by atoms with Crippen molar-refractivity contribution in [1.29, 1.82) is 0 Å². The zero-order valence-corrected chi connectivity index (χ0v) is 28.8. The predicted molar refractivity (Wildman–Crippen MR) is 181 cm³/mol. The molecule has 2 aromatic heterocycles. The first-order valence-corrected chi connectivity index (χ1v) is 15.3. The molecule has 0 aliphatic rings. The molecule has 4 aromatic carbocycles. The summed E-state index contributed by atoms with van der Waals surface area (Å²) in [7, 11) is 0.